The third-order valence-electron chi connectivity index (χ3n) is 2.68. The summed E-state index contributed by atoms with van der Waals surface area (Å²) in [4.78, 5) is 12.5. The van der Waals surface area contributed by atoms with Crippen LogP contribution in [0.3, 0.4) is 0 Å². The van der Waals surface area contributed by atoms with Gasteiger partial charge in [-0.1, -0.05) is 42.0 Å². The van der Waals surface area contributed by atoms with Crippen molar-refractivity contribution in [2.24, 2.45) is 5.73 Å². The van der Waals surface area contributed by atoms with E-state index in [4.69, 9.17) is 29.6 Å². The van der Waals surface area contributed by atoms with Crippen LogP contribution >= 0.6 is 23.8 Å². The SMILES string of the molecule is NC(=S)Cc1ccc(NC(=O)c2cccc(Cl)c2)cc1. The summed E-state index contributed by atoms with van der Waals surface area (Å²) in [5.74, 6) is -0.199. The normalized spacial score (nSPS) is 10.1. The van der Waals surface area contributed by atoms with E-state index in [9.17, 15) is 4.79 Å². The van der Waals surface area contributed by atoms with Gasteiger partial charge in [0, 0.05) is 22.7 Å². The fourth-order valence-electron chi connectivity index (χ4n) is 1.74. The van der Waals surface area contributed by atoms with Gasteiger partial charge in [-0.25, -0.2) is 0 Å². The Bertz CT molecular complexity index is 641. The molecule has 0 atom stereocenters. The molecule has 0 bridgehead atoms. The maximum atomic E-state index is 12.0. The van der Waals surface area contributed by atoms with E-state index in [-0.39, 0.29) is 5.91 Å². The van der Waals surface area contributed by atoms with Crippen molar-refractivity contribution in [2.45, 2.75) is 6.42 Å². The first-order valence-electron chi connectivity index (χ1n) is 5.99. The first-order valence-corrected chi connectivity index (χ1v) is 6.77. The van der Waals surface area contributed by atoms with Gasteiger partial charge in [-0.2, -0.15) is 0 Å². The lowest BCUT2D eigenvalue weighted by molar-refractivity contribution is 0.102. The molecule has 102 valence electrons. The van der Waals surface area contributed by atoms with Crippen LogP contribution in [0.5, 0.6) is 0 Å². The van der Waals surface area contributed by atoms with E-state index in [2.05, 4.69) is 5.32 Å². The van der Waals surface area contributed by atoms with Crippen LogP contribution < -0.4 is 11.1 Å². The van der Waals surface area contributed by atoms with E-state index in [0.717, 1.165) is 5.56 Å². The monoisotopic (exact) mass is 304 g/mol. The molecule has 0 aliphatic carbocycles. The number of amides is 1. The lowest BCUT2D eigenvalue weighted by Crippen LogP contribution is -2.12. The van der Waals surface area contributed by atoms with E-state index in [1.54, 1.807) is 24.3 Å². The molecular weight excluding hydrogens is 292 g/mol. The molecule has 2 aromatic rings. The van der Waals surface area contributed by atoms with Gasteiger partial charge in [0.25, 0.3) is 5.91 Å². The molecule has 0 saturated carbocycles. The van der Waals surface area contributed by atoms with E-state index >= 15 is 0 Å². The van der Waals surface area contributed by atoms with Crippen molar-refractivity contribution in [1.82, 2.24) is 0 Å². The number of thiocarbonyl (C=S) groups is 1. The number of hydrogen-bond donors (Lipinski definition) is 2. The molecule has 2 aromatic carbocycles. The average molecular weight is 305 g/mol. The van der Waals surface area contributed by atoms with Crippen molar-refractivity contribution in [3.05, 3.63) is 64.7 Å². The molecule has 3 N–H and O–H groups in total. The number of benzene rings is 2. The summed E-state index contributed by atoms with van der Waals surface area (Å²) in [5, 5.41) is 3.34. The highest BCUT2D eigenvalue weighted by atomic mass is 35.5. The Balaban J connectivity index is 2.06. The molecule has 0 aliphatic rings. The summed E-state index contributed by atoms with van der Waals surface area (Å²) in [7, 11) is 0. The van der Waals surface area contributed by atoms with Gasteiger partial charge in [0.2, 0.25) is 0 Å². The maximum Gasteiger partial charge on any atom is 0.255 e. The molecular formula is C15H13ClN2OS. The number of carbonyl (C=O) groups is 1. The number of anilines is 1. The second-order valence-electron chi connectivity index (χ2n) is 4.30. The lowest BCUT2D eigenvalue weighted by Gasteiger charge is -2.06. The van der Waals surface area contributed by atoms with Crippen molar-refractivity contribution in [2.75, 3.05) is 5.32 Å². The number of carbonyl (C=O) groups excluding carboxylic acids is 1. The molecule has 20 heavy (non-hydrogen) atoms. The molecule has 3 nitrogen and oxygen atoms in total. The molecule has 0 heterocycles. The van der Waals surface area contributed by atoms with Crippen molar-refractivity contribution in [3.8, 4) is 0 Å². The van der Waals surface area contributed by atoms with Crippen molar-refractivity contribution < 1.29 is 4.79 Å². The Kier molecular flexibility index (Phi) is 4.71. The van der Waals surface area contributed by atoms with Gasteiger partial charge in [0.15, 0.2) is 0 Å². The number of hydrogen-bond acceptors (Lipinski definition) is 2. The minimum absolute atomic E-state index is 0.199. The van der Waals surface area contributed by atoms with Crippen LogP contribution in [0.4, 0.5) is 5.69 Å². The highest BCUT2D eigenvalue weighted by Gasteiger charge is 2.06. The summed E-state index contributed by atoms with van der Waals surface area (Å²) in [6.45, 7) is 0. The highest BCUT2D eigenvalue weighted by molar-refractivity contribution is 7.80. The van der Waals surface area contributed by atoms with E-state index < -0.39 is 0 Å². The Morgan fingerprint density at radius 1 is 1.20 bits per heavy atom. The standard InChI is InChI=1S/C15H13ClN2OS/c16-12-3-1-2-11(9-12)15(19)18-13-6-4-10(5-7-13)8-14(17)20/h1-7,9H,8H2,(H2,17,20)(H,18,19). The lowest BCUT2D eigenvalue weighted by atomic mass is 10.1. The largest absolute Gasteiger partial charge is 0.393 e. The third-order valence-corrected chi connectivity index (χ3v) is 3.06. The van der Waals surface area contributed by atoms with Crippen LogP contribution in [-0.4, -0.2) is 10.9 Å². The molecule has 0 aromatic heterocycles. The number of nitrogens with two attached hydrogens (primary N) is 1. The van der Waals surface area contributed by atoms with Crippen molar-refractivity contribution in [1.29, 1.82) is 0 Å². The molecule has 5 heteroatoms. The molecule has 0 unspecified atom stereocenters. The van der Waals surface area contributed by atoms with E-state index in [0.29, 0.717) is 27.7 Å². The summed E-state index contributed by atoms with van der Waals surface area (Å²) in [5.41, 5.74) is 7.72. The Morgan fingerprint density at radius 3 is 2.50 bits per heavy atom. The summed E-state index contributed by atoms with van der Waals surface area (Å²) in [6, 6.07) is 14.2. The zero-order valence-corrected chi connectivity index (χ0v) is 12.2. The first-order chi connectivity index (χ1) is 9.54. The van der Waals surface area contributed by atoms with Gasteiger partial charge < -0.3 is 11.1 Å². The van der Waals surface area contributed by atoms with Crippen molar-refractivity contribution >= 4 is 40.4 Å². The number of nitrogens with one attached hydrogen (secondary N) is 1. The van der Waals surface area contributed by atoms with Crippen LogP contribution in [0.25, 0.3) is 0 Å². The Morgan fingerprint density at radius 2 is 1.90 bits per heavy atom. The van der Waals surface area contributed by atoms with E-state index in [1.165, 1.54) is 0 Å². The average Bonchev–Trinajstić information content (AvgIpc) is 2.40. The second-order valence-corrected chi connectivity index (χ2v) is 5.27. The topological polar surface area (TPSA) is 55.1 Å². The summed E-state index contributed by atoms with van der Waals surface area (Å²) >= 11 is 10.7. The zero-order valence-electron chi connectivity index (χ0n) is 10.6. The fourth-order valence-corrected chi connectivity index (χ4v) is 2.10. The van der Waals surface area contributed by atoms with Crippen LogP contribution in [0.15, 0.2) is 48.5 Å². The van der Waals surface area contributed by atoms with Crippen LogP contribution in [0.2, 0.25) is 5.02 Å². The van der Waals surface area contributed by atoms with Gasteiger partial charge >= 0.3 is 0 Å². The molecule has 0 fully saturated rings. The molecule has 0 saturated heterocycles. The van der Waals surface area contributed by atoms with Gasteiger partial charge in [0.1, 0.15) is 0 Å². The second kappa shape index (κ2) is 6.50. The van der Waals surface area contributed by atoms with Gasteiger partial charge in [0.05, 0.1) is 4.99 Å². The van der Waals surface area contributed by atoms with E-state index in [1.807, 2.05) is 24.3 Å². The van der Waals surface area contributed by atoms with Crippen molar-refractivity contribution in [3.63, 3.8) is 0 Å². The maximum absolute atomic E-state index is 12.0. The molecule has 0 radical (unpaired) electrons. The fraction of sp³-hybridized carbons (Fsp3) is 0.0667. The number of halogens is 1. The van der Waals surface area contributed by atoms with Gasteiger partial charge in [-0.15, -0.1) is 0 Å². The van der Waals surface area contributed by atoms with Gasteiger partial charge in [-0.3, -0.25) is 4.79 Å². The Hall–Kier alpha value is -1.91. The molecule has 1 amide bonds. The summed E-state index contributed by atoms with van der Waals surface area (Å²) in [6.07, 6.45) is 0.553. The Labute approximate surface area is 127 Å². The quantitative estimate of drug-likeness (QED) is 0.851. The number of rotatable bonds is 4. The highest BCUT2D eigenvalue weighted by Crippen LogP contribution is 2.14. The predicted octanol–water partition coefficient (Wildman–Crippen LogP) is 3.42. The minimum atomic E-state index is -0.199. The first kappa shape index (κ1) is 14.5. The minimum Gasteiger partial charge on any atom is -0.393 e. The van der Waals surface area contributed by atoms with Crippen LogP contribution in [0, 0.1) is 0 Å². The summed E-state index contributed by atoms with van der Waals surface area (Å²) < 4.78 is 0. The molecule has 0 aliphatic heterocycles. The zero-order chi connectivity index (χ0) is 14.5. The smallest absolute Gasteiger partial charge is 0.255 e. The molecule has 0 spiro atoms. The third kappa shape index (κ3) is 4.05. The van der Waals surface area contributed by atoms with Crippen LogP contribution in [0.1, 0.15) is 15.9 Å². The molecule has 2 rings (SSSR count). The van der Waals surface area contributed by atoms with Gasteiger partial charge in [-0.05, 0) is 35.9 Å². The van der Waals surface area contributed by atoms with Crippen LogP contribution in [-0.2, 0) is 6.42 Å². The predicted molar refractivity (Wildman–Crippen MR) is 86.3 cm³/mol.